The van der Waals surface area contributed by atoms with Crippen molar-refractivity contribution >= 4 is 49.7 Å². The lowest BCUT2D eigenvalue weighted by Crippen LogP contribution is -2.19. The van der Waals surface area contributed by atoms with Crippen LogP contribution in [0.5, 0.6) is 0 Å². The maximum absolute atomic E-state index is 12.4. The van der Waals surface area contributed by atoms with E-state index in [-0.39, 0.29) is 6.03 Å². The van der Waals surface area contributed by atoms with E-state index in [2.05, 4.69) is 15.6 Å². The molecule has 2 aromatic heterocycles. The number of nitrogens with zero attached hydrogens (tertiary/aromatic N) is 1. The summed E-state index contributed by atoms with van der Waals surface area (Å²) in [5.74, 6) is 0. The number of urea groups is 1. The molecular formula is C19H15N3OS. The Bertz CT molecular complexity index is 1050. The van der Waals surface area contributed by atoms with Gasteiger partial charge < -0.3 is 10.6 Å². The molecule has 2 heterocycles. The van der Waals surface area contributed by atoms with Crippen LogP contribution in [0.2, 0.25) is 0 Å². The Kier molecular flexibility index (Phi) is 3.63. The van der Waals surface area contributed by atoms with Crippen molar-refractivity contribution in [2.24, 2.45) is 0 Å². The minimum atomic E-state index is -0.264. The Morgan fingerprint density at radius 1 is 1.04 bits per heavy atom. The van der Waals surface area contributed by atoms with Gasteiger partial charge in [0.25, 0.3) is 0 Å². The molecule has 0 radical (unpaired) electrons. The van der Waals surface area contributed by atoms with E-state index < -0.39 is 0 Å². The summed E-state index contributed by atoms with van der Waals surface area (Å²) in [6.07, 6.45) is 0. The number of hydrogen-bond acceptors (Lipinski definition) is 3. The van der Waals surface area contributed by atoms with Crippen LogP contribution in [-0.2, 0) is 0 Å². The van der Waals surface area contributed by atoms with Crippen molar-refractivity contribution in [2.45, 2.75) is 6.92 Å². The second kappa shape index (κ2) is 5.94. The molecule has 2 amide bonds. The largest absolute Gasteiger partial charge is 0.323 e. The number of hydrogen-bond donors (Lipinski definition) is 2. The molecule has 0 aliphatic carbocycles. The first kappa shape index (κ1) is 14.7. The highest BCUT2D eigenvalue weighted by atomic mass is 32.1. The molecular weight excluding hydrogens is 318 g/mol. The summed E-state index contributed by atoms with van der Waals surface area (Å²) >= 11 is 1.69. The normalized spacial score (nSPS) is 10.9. The quantitative estimate of drug-likeness (QED) is 0.516. The smallest absolute Gasteiger partial charge is 0.308 e. The van der Waals surface area contributed by atoms with Crippen molar-refractivity contribution in [3.05, 3.63) is 65.7 Å². The van der Waals surface area contributed by atoms with Gasteiger partial charge in [0.15, 0.2) is 0 Å². The molecule has 4 rings (SSSR count). The highest BCUT2D eigenvalue weighted by molar-refractivity contribution is 7.17. The van der Waals surface area contributed by atoms with Gasteiger partial charge in [0.2, 0.25) is 0 Å². The second-order valence-electron chi connectivity index (χ2n) is 5.58. The van der Waals surface area contributed by atoms with Crippen LogP contribution in [0, 0.1) is 6.92 Å². The van der Waals surface area contributed by atoms with Gasteiger partial charge in [-0.25, -0.2) is 4.79 Å². The fraction of sp³-hybridized carbons (Fsp3) is 0.0526. The number of fused-ring (bicyclic) bond motifs is 2. The Hall–Kier alpha value is -2.92. The number of anilines is 2. The van der Waals surface area contributed by atoms with Gasteiger partial charge in [0, 0.05) is 21.5 Å². The number of pyridine rings is 1. The van der Waals surface area contributed by atoms with Crippen LogP contribution in [-0.4, -0.2) is 11.0 Å². The molecule has 0 aliphatic rings. The molecule has 0 fully saturated rings. The van der Waals surface area contributed by atoms with E-state index in [0.717, 1.165) is 33.4 Å². The molecule has 24 heavy (non-hydrogen) atoms. The number of nitrogens with one attached hydrogen (secondary N) is 2. The summed E-state index contributed by atoms with van der Waals surface area (Å²) in [5, 5.41) is 9.91. The molecule has 0 bridgehead atoms. The average molecular weight is 333 g/mol. The molecule has 4 nitrogen and oxygen atoms in total. The third kappa shape index (κ3) is 2.81. The highest BCUT2D eigenvalue weighted by Gasteiger charge is 2.08. The number of para-hydroxylation sites is 1. The first-order valence-corrected chi connectivity index (χ1v) is 8.49. The van der Waals surface area contributed by atoms with Gasteiger partial charge in [-0.2, -0.15) is 0 Å². The number of benzene rings is 2. The van der Waals surface area contributed by atoms with E-state index in [1.807, 2.05) is 66.9 Å². The maximum atomic E-state index is 12.4. The Balaban J connectivity index is 1.59. The van der Waals surface area contributed by atoms with E-state index in [1.165, 1.54) is 4.70 Å². The van der Waals surface area contributed by atoms with E-state index in [4.69, 9.17) is 0 Å². The third-order valence-corrected chi connectivity index (χ3v) is 4.70. The zero-order chi connectivity index (χ0) is 16.5. The SMILES string of the molecule is Cc1cc(NC(=O)Nc2ccc3sccc3c2)c2ccccc2n1. The number of aromatic nitrogens is 1. The van der Waals surface area contributed by atoms with E-state index in [9.17, 15) is 4.79 Å². The van der Waals surface area contributed by atoms with E-state index >= 15 is 0 Å². The van der Waals surface area contributed by atoms with Crippen LogP contribution in [0.25, 0.3) is 21.0 Å². The standard InChI is InChI=1S/C19H15N3OS/c1-12-10-17(15-4-2-3-5-16(15)20-12)22-19(23)21-14-6-7-18-13(11-14)8-9-24-18/h2-11H,1H3,(H2,20,21,22,23). The molecule has 0 spiro atoms. The summed E-state index contributed by atoms with van der Waals surface area (Å²) in [5.41, 5.74) is 3.26. The monoisotopic (exact) mass is 333 g/mol. The Labute approximate surface area is 143 Å². The molecule has 0 saturated heterocycles. The molecule has 5 heteroatoms. The summed E-state index contributed by atoms with van der Waals surface area (Å²) in [6, 6.07) is 17.3. The van der Waals surface area contributed by atoms with Crippen molar-refractivity contribution in [1.29, 1.82) is 0 Å². The maximum Gasteiger partial charge on any atom is 0.323 e. The van der Waals surface area contributed by atoms with Gasteiger partial charge in [-0.1, -0.05) is 18.2 Å². The zero-order valence-electron chi connectivity index (χ0n) is 13.0. The molecule has 0 saturated carbocycles. The van der Waals surface area contributed by atoms with Crippen molar-refractivity contribution in [3.63, 3.8) is 0 Å². The molecule has 2 N–H and O–H groups in total. The van der Waals surface area contributed by atoms with Crippen LogP contribution in [0.4, 0.5) is 16.2 Å². The summed E-state index contributed by atoms with van der Waals surface area (Å²) < 4.78 is 1.21. The number of amides is 2. The van der Waals surface area contributed by atoms with Gasteiger partial charge in [0.05, 0.1) is 11.2 Å². The number of rotatable bonds is 2. The first-order valence-electron chi connectivity index (χ1n) is 7.61. The zero-order valence-corrected chi connectivity index (χ0v) is 13.9. The second-order valence-corrected chi connectivity index (χ2v) is 6.53. The summed E-state index contributed by atoms with van der Waals surface area (Å²) in [4.78, 5) is 16.9. The lowest BCUT2D eigenvalue weighted by Gasteiger charge is -2.11. The lowest BCUT2D eigenvalue weighted by atomic mass is 10.1. The van der Waals surface area contributed by atoms with Crippen molar-refractivity contribution in [3.8, 4) is 0 Å². The molecule has 118 valence electrons. The van der Waals surface area contributed by atoms with Crippen molar-refractivity contribution in [2.75, 3.05) is 10.6 Å². The van der Waals surface area contributed by atoms with Gasteiger partial charge in [-0.15, -0.1) is 11.3 Å². The lowest BCUT2D eigenvalue weighted by molar-refractivity contribution is 0.262. The fourth-order valence-corrected chi connectivity index (χ4v) is 3.51. The van der Waals surface area contributed by atoms with Gasteiger partial charge in [-0.3, -0.25) is 4.98 Å². The predicted molar refractivity (Wildman–Crippen MR) is 101 cm³/mol. The predicted octanol–water partition coefficient (Wildman–Crippen LogP) is 5.40. The first-order chi connectivity index (χ1) is 11.7. The number of thiophene rings is 1. The Morgan fingerprint density at radius 3 is 2.83 bits per heavy atom. The number of carbonyl (C=O) groups is 1. The fourth-order valence-electron chi connectivity index (χ4n) is 2.74. The minimum Gasteiger partial charge on any atom is -0.308 e. The van der Waals surface area contributed by atoms with Crippen LogP contribution in [0.1, 0.15) is 5.69 Å². The summed E-state index contributed by atoms with van der Waals surface area (Å²) in [6.45, 7) is 1.92. The Morgan fingerprint density at radius 2 is 1.92 bits per heavy atom. The van der Waals surface area contributed by atoms with Gasteiger partial charge >= 0.3 is 6.03 Å². The molecule has 4 aromatic rings. The van der Waals surface area contributed by atoms with Crippen molar-refractivity contribution in [1.82, 2.24) is 4.98 Å². The van der Waals surface area contributed by atoms with Gasteiger partial charge in [0.1, 0.15) is 0 Å². The third-order valence-electron chi connectivity index (χ3n) is 3.80. The molecule has 0 unspecified atom stereocenters. The van der Waals surface area contributed by atoms with Crippen LogP contribution < -0.4 is 10.6 Å². The number of aryl methyl sites for hydroxylation is 1. The number of carbonyl (C=O) groups excluding carboxylic acids is 1. The molecule has 0 aliphatic heterocycles. The van der Waals surface area contributed by atoms with Crippen molar-refractivity contribution < 1.29 is 4.79 Å². The summed E-state index contributed by atoms with van der Waals surface area (Å²) in [7, 11) is 0. The molecule has 0 atom stereocenters. The topological polar surface area (TPSA) is 54.0 Å². The van der Waals surface area contributed by atoms with E-state index in [0.29, 0.717) is 0 Å². The average Bonchev–Trinajstić information content (AvgIpc) is 3.02. The van der Waals surface area contributed by atoms with Crippen LogP contribution in [0.3, 0.4) is 0 Å². The van der Waals surface area contributed by atoms with Crippen LogP contribution >= 0.6 is 11.3 Å². The molecule has 2 aromatic carbocycles. The highest BCUT2D eigenvalue weighted by Crippen LogP contribution is 2.25. The van der Waals surface area contributed by atoms with E-state index in [1.54, 1.807) is 11.3 Å². The van der Waals surface area contributed by atoms with Crippen LogP contribution in [0.15, 0.2) is 60.0 Å². The minimum absolute atomic E-state index is 0.264. The van der Waals surface area contributed by atoms with Gasteiger partial charge in [-0.05, 0) is 54.1 Å².